The van der Waals surface area contributed by atoms with Crippen LogP contribution in [0.25, 0.3) is 22.2 Å². The summed E-state index contributed by atoms with van der Waals surface area (Å²) in [7, 11) is -6.17. The van der Waals surface area contributed by atoms with Crippen LogP contribution in [0.4, 0.5) is 5.69 Å². The van der Waals surface area contributed by atoms with E-state index in [9.17, 15) is 21.6 Å². The van der Waals surface area contributed by atoms with E-state index in [1.54, 1.807) is 51.1 Å². The Morgan fingerprint density at radius 3 is 2.33 bits per heavy atom. The third-order valence-electron chi connectivity index (χ3n) is 6.22. The first-order valence-electron chi connectivity index (χ1n) is 12.1. The smallest absolute Gasteiger partial charge is 0.228 e. The van der Waals surface area contributed by atoms with E-state index < -0.39 is 30.3 Å². The Labute approximate surface area is 238 Å². The number of carbonyl (C=O) groups is 1. The van der Waals surface area contributed by atoms with Crippen molar-refractivity contribution in [2.24, 2.45) is 0 Å². The first-order valence-corrected chi connectivity index (χ1v) is 15.8. The lowest BCUT2D eigenvalue weighted by Gasteiger charge is -2.21. The van der Waals surface area contributed by atoms with E-state index >= 15 is 0 Å². The number of hydrogen-bond acceptors (Lipinski definition) is 8. The van der Waals surface area contributed by atoms with Crippen molar-refractivity contribution in [1.29, 1.82) is 0 Å². The third-order valence-corrected chi connectivity index (χ3v) is 10.2. The number of anilines is 1. The molecule has 0 saturated carbocycles. The SMILES string of the molecule is COc1cc2ncnc(-c3cc(NC(=O)Cc4ccccc4Cl)cc(S(C)(=O)=O)c3)c2cc1S(=O)(=O)C(C)(C)C. The fourth-order valence-corrected chi connectivity index (χ4v) is 6.26. The molecule has 210 valence electrons. The van der Waals surface area contributed by atoms with Gasteiger partial charge in [-0.1, -0.05) is 29.8 Å². The topological polar surface area (TPSA) is 132 Å². The maximum Gasteiger partial charge on any atom is 0.228 e. The summed E-state index contributed by atoms with van der Waals surface area (Å²) in [4.78, 5) is 21.4. The van der Waals surface area contributed by atoms with Crippen LogP contribution in [0.1, 0.15) is 26.3 Å². The second kappa shape index (κ2) is 10.8. The van der Waals surface area contributed by atoms with E-state index in [-0.39, 0.29) is 33.3 Å². The van der Waals surface area contributed by atoms with Gasteiger partial charge in [0.1, 0.15) is 17.0 Å². The number of carbonyl (C=O) groups excluding carboxylic acids is 1. The lowest BCUT2D eigenvalue weighted by Crippen LogP contribution is -2.28. The molecule has 12 heteroatoms. The van der Waals surface area contributed by atoms with Gasteiger partial charge < -0.3 is 10.1 Å². The van der Waals surface area contributed by atoms with Gasteiger partial charge >= 0.3 is 0 Å². The summed E-state index contributed by atoms with van der Waals surface area (Å²) in [6, 6.07) is 14.2. The highest BCUT2D eigenvalue weighted by molar-refractivity contribution is 7.93. The number of nitrogens with zero attached hydrogens (tertiary/aromatic N) is 2. The van der Waals surface area contributed by atoms with Gasteiger partial charge in [0.2, 0.25) is 5.91 Å². The Morgan fingerprint density at radius 1 is 1.00 bits per heavy atom. The predicted molar refractivity (Wildman–Crippen MR) is 155 cm³/mol. The second-order valence-electron chi connectivity index (χ2n) is 10.2. The quantitative estimate of drug-likeness (QED) is 0.309. The van der Waals surface area contributed by atoms with Gasteiger partial charge in [-0.15, -0.1) is 0 Å². The Morgan fingerprint density at radius 2 is 1.70 bits per heavy atom. The minimum absolute atomic E-state index is 0.0254. The summed E-state index contributed by atoms with van der Waals surface area (Å²) in [5, 5.41) is 3.54. The second-order valence-corrected chi connectivity index (χ2v) is 15.3. The molecule has 0 atom stereocenters. The van der Waals surface area contributed by atoms with Crippen molar-refractivity contribution in [2.75, 3.05) is 18.7 Å². The standard InChI is InChI=1S/C28H28ClN3O6S2/c1-28(2,3)40(36,37)25-14-21-23(15-24(25)38-4)30-16-31-27(21)18-10-19(13-20(11-18)39(5,34)35)32-26(33)12-17-8-6-7-9-22(17)29/h6-11,13-16H,12H2,1-5H3,(H,32,33). The molecule has 0 saturated heterocycles. The molecule has 40 heavy (non-hydrogen) atoms. The largest absolute Gasteiger partial charge is 0.495 e. The molecular formula is C28H28ClN3O6S2. The molecule has 0 spiro atoms. The van der Waals surface area contributed by atoms with Crippen molar-refractivity contribution in [3.63, 3.8) is 0 Å². The Balaban J connectivity index is 1.88. The fraction of sp³-hybridized carbons (Fsp3) is 0.250. The lowest BCUT2D eigenvalue weighted by molar-refractivity contribution is -0.115. The van der Waals surface area contributed by atoms with Crippen LogP contribution in [-0.4, -0.2) is 50.8 Å². The molecule has 0 bridgehead atoms. The molecule has 1 aromatic heterocycles. The summed E-state index contributed by atoms with van der Waals surface area (Å²) in [5.74, 6) is -0.273. The van der Waals surface area contributed by atoms with Gasteiger partial charge in [0.05, 0.1) is 34.4 Å². The number of halogens is 1. The minimum Gasteiger partial charge on any atom is -0.495 e. The van der Waals surface area contributed by atoms with Gasteiger partial charge in [0, 0.05) is 34.0 Å². The molecule has 9 nitrogen and oxygen atoms in total. The summed E-state index contributed by atoms with van der Waals surface area (Å²) < 4.78 is 56.2. The number of amides is 1. The van der Waals surface area contributed by atoms with Crippen molar-refractivity contribution in [3.05, 3.63) is 71.5 Å². The maximum atomic E-state index is 13.4. The van der Waals surface area contributed by atoms with E-state index in [2.05, 4.69) is 15.3 Å². The normalized spacial score (nSPS) is 12.3. The van der Waals surface area contributed by atoms with Gasteiger partial charge in [0.15, 0.2) is 19.7 Å². The van der Waals surface area contributed by atoms with E-state index in [1.165, 1.54) is 37.7 Å². The van der Waals surface area contributed by atoms with Crippen LogP contribution in [-0.2, 0) is 30.9 Å². The monoisotopic (exact) mass is 601 g/mol. The summed E-state index contributed by atoms with van der Waals surface area (Å²) in [5.41, 5.74) is 1.85. The fourth-order valence-electron chi connectivity index (χ4n) is 4.04. The van der Waals surface area contributed by atoms with Crippen molar-refractivity contribution in [3.8, 4) is 17.0 Å². The van der Waals surface area contributed by atoms with E-state index in [0.717, 1.165) is 6.26 Å². The average Bonchev–Trinajstić information content (AvgIpc) is 2.87. The van der Waals surface area contributed by atoms with Crippen LogP contribution in [0.15, 0.2) is 70.7 Å². The van der Waals surface area contributed by atoms with Crippen molar-refractivity contribution in [2.45, 2.75) is 41.7 Å². The minimum atomic E-state index is -3.84. The molecule has 0 aliphatic heterocycles. The zero-order valence-electron chi connectivity index (χ0n) is 22.5. The number of ether oxygens (including phenoxy) is 1. The summed E-state index contributed by atoms with van der Waals surface area (Å²) in [6.45, 7) is 4.75. The number of aromatic nitrogens is 2. The molecule has 0 aliphatic carbocycles. The predicted octanol–water partition coefficient (Wildman–Crippen LogP) is 5.12. The highest BCUT2D eigenvalue weighted by atomic mass is 35.5. The number of fused-ring (bicyclic) bond motifs is 1. The maximum absolute atomic E-state index is 13.4. The molecule has 4 rings (SSSR count). The van der Waals surface area contributed by atoms with Gasteiger partial charge in [-0.3, -0.25) is 4.79 Å². The number of sulfone groups is 2. The Kier molecular flexibility index (Phi) is 7.94. The molecule has 4 aromatic rings. The number of rotatable bonds is 7. The van der Waals surface area contributed by atoms with Crippen molar-refractivity contribution in [1.82, 2.24) is 9.97 Å². The molecule has 0 radical (unpaired) electrons. The zero-order valence-corrected chi connectivity index (χ0v) is 24.9. The van der Waals surface area contributed by atoms with Crippen LogP contribution in [0.2, 0.25) is 5.02 Å². The third kappa shape index (κ3) is 5.96. The highest BCUT2D eigenvalue weighted by Gasteiger charge is 2.34. The Hall–Kier alpha value is -3.54. The van der Waals surface area contributed by atoms with Gasteiger partial charge in [0.25, 0.3) is 0 Å². The van der Waals surface area contributed by atoms with Crippen LogP contribution < -0.4 is 10.1 Å². The van der Waals surface area contributed by atoms with Gasteiger partial charge in [-0.2, -0.15) is 0 Å². The highest BCUT2D eigenvalue weighted by Crippen LogP contribution is 2.38. The molecular weight excluding hydrogens is 574 g/mol. The molecule has 0 fully saturated rings. The van der Waals surface area contributed by atoms with E-state index in [1.807, 2.05) is 0 Å². The van der Waals surface area contributed by atoms with Crippen LogP contribution in [0.5, 0.6) is 5.75 Å². The lowest BCUT2D eigenvalue weighted by atomic mass is 10.1. The van der Waals surface area contributed by atoms with Gasteiger partial charge in [-0.25, -0.2) is 26.8 Å². The molecule has 1 amide bonds. The van der Waals surface area contributed by atoms with Gasteiger partial charge in [-0.05, 0) is 56.7 Å². The number of methoxy groups -OCH3 is 1. The number of nitrogens with one attached hydrogen (secondary N) is 1. The number of benzene rings is 3. The summed E-state index contributed by atoms with van der Waals surface area (Å²) >= 11 is 6.19. The molecule has 1 heterocycles. The van der Waals surface area contributed by atoms with Crippen LogP contribution in [0, 0.1) is 0 Å². The molecule has 0 aliphatic rings. The molecule has 3 aromatic carbocycles. The van der Waals surface area contributed by atoms with Crippen LogP contribution >= 0.6 is 11.6 Å². The first-order chi connectivity index (χ1) is 18.6. The van der Waals surface area contributed by atoms with Crippen molar-refractivity contribution >= 4 is 53.8 Å². The first kappa shape index (κ1) is 29.4. The Bertz CT molecular complexity index is 1850. The summed E-state index contributed by atoms with van der Waals surface area (Å²) in [6.07, 6.45) is 2.32. The van der Waals surface area contributed by atoms with Crippen molar-refractivity contribution < 1.29 is 26.4 Å². The average molecular weight is 602 g/mol. The molecule has 0 unspecified atom stereocenters. The van der Waals surface area contributed by atoms with Crippen LogP contribution in [0.3, 0.4) is 0 Å². The van der Waals surface area contributed by atoms with E-state index in [0.29, 0.717) is 27.1 Å². The zero-order chi connectivity index (χ0) is 29.5. The number of hydrogen-bond donors (Lipinski definition) is 1. The molecule has 1 N–H and O–H groups in total. The van der Waals surface area contributed by atoms with E-state index in [4.69, 9.17) is 16.3 Å².